The van der Waals surface area contributed by atoms with Crippen LogP contribution in [0.5, 0.6) is 0 Å². The minimum atomic E-state index is -1.04. The van der Waals surface area contributed by atoms with Crippen LogP contribution in [0.15, 0.2) is 24.4 Å². The Bertz CT molecular complexity index is 1450. The summed E-state index contributed by atoms with van der Waals surface area (Å²) in [5.41, 5.74) is 0.761. The molecule has 0 spiro atoms. The van der Waals surface area contributed by atoms with Crippen LogP contribution in [0.2, 0.25) is 10.0 Å². The lowest BCUT2D eigenvalue weighted by molar-refractivity contribution is -0.144. The number of rotatable bonds is 6. The molecule has 1 unspecified atom stereocenters. The highest BCUT2D eigenvalue weighted by Gasteiger charge is 2.46. The number of hydrogen-bond acceptors (Lipinski definition) is 8. The first kappa shape index (κ1) is 30.3. The molecular weight excluding hydrogens is 577 g/mol. The van der Waals surface area contributed by atoms with Crippen LogP contribution in [0.4, 0.5) is 5.82 Å². The Morgan fingerprint density at radius 1 is 1.25 bits per heavy atom. The van der Waals surface area contributed by atoms with E-state index in [4.69, 9.17) is 28.2 Å². The SMILES string of the molecule is C[C@H](c1ccc(Cl)cc1Cl)n1nc(C#N)c2ncc(N3CCC(N4CCC[C@H]4C(=O)O)[C@H](C(C)(C)O)C3)nc21.Cl. The number of piperidine rings is 1. The van der Waals surface area contributed by atoms with Crippen LogP contribution in [0.25, 0.3) is 11.2 Å². The van der Waals surface area contributed by atoms with Crippen LogP contribution in [-0.4, -0.2) is 78.1 Å². The topological polar surface area (TPSA) is 131 Å². The largest absolute Gasteiger partial charge is 0.480 e. The number of halogens is 3. The molecule has 0 bridgehead atoms. The smallest absolute Gasteiger partial charge is 0.320 e. The van der Waals surface area contributed by atoms with Crippen LogP contribution >= 0.6 is 35.6 Å². The summed E-state index contributed by atoms with van der Waals surface area (Å²) in [5.74, 6) is -0.418. The number of fused-ring (bicyclic) bond motifs is 1. The number of nitriles is 1. The summed E-state index contributed by atoms with van der Waals surface area (Å²) in [6.45, 7) is 7.29. The second kappa shape index (κ2) is 11.7. The van der Waals surface area contributed by atoms with Gasteiger partial charge in [0, 0.05) is 35.1 Å². The maximum absolute atomic E-state index is 11.9. The van der Waals surface area contributed by atoms with Gasteiger partial charge in [-0.25, -0.2) is 14.6 Å². The molecule has 3 aromatic rings. The molecular formula is C27H32Cl3N7O3. The van der Waals surface area contributed by atoms with Gasteiger partial charge in [-0.05, 0) is 64.3 Å². The summed E-state index contributed by atoms with van der Waals surface area (Å²) in [6, 6.07) is 6.42. The predicted molar refractivity (Wildman–Crippen MR) is 155 cm³/mol. The molecule has 2 N–H and O–H groups in total. The standard InChI is InChI=1S/C27H31Cl2N7O3.ClH/c1-15(17-7-6-16(28)11-19(17)29)36-25-24(20(12-30)33-36)31-13-23(32-25)34-10-8-21(18(14-34)27(2,3)39)35-9-4-5-22(35)26(37)38;/h6-7,11,13,15,18,21-22,39H,4-5,8-10,14H2,1-3H3,(H,37,38);1H/t15-,18-,21?,22+;/m1./s1. The third-order valence-corrected chi connectivity index (χ3v) is 8.65. The zero-order valence-corrected chi connectivity index (χ0v) is 24.8. The Labute approximate surface area is 248 Å². The minimum Gasteiger partial charge on any atom is -0.480 e. The van der Waals surface area contributed by atoms with Gasteiger partial charge in [0.2, 0.25) is 0 Å². The van der Waals surface area contributed by atoms with Gasteiger partial charge in [0.25, 0.3) is 0 Å². The number of nitrogens with zero attached hydrogens (tertiary/aromatic N) is 7. The van der Waals surface area contributed by atoms with E-state index in [2.05, 4.69) is 26.0 Å². The van der Waals surface area contributed by atoms with Gasteiger partial charge in [-0.2, -0.15) is 10.4 Å². The van der Waals surface area contributed by atoms with E-state index in [0.717, 1.165) is 12.0 Å². The van der Waals surface area contributed by atoms with E-state index in [-0.39, 0.29) is 36.1 Å². The molecule has 2 aromatic heterocycles. The van der Waals surface area contributed by atoms with Gasteiger partial charge >= 0.3 is 5.97 Å². The van der Waals surface area contributed by atoms with Crippen molar-refractivity contribution >= 4 is 58.6 Å². The van der Waals surface area contributed by atoms with Crippen molar-refractivity contribution in [2.24, 2.45) is 5.92 Å². The zero-order valence-electron chi connectivity index (χ0n) is 22.5. The molecule has 2 saturated heterocycles. The molecule has 2 aliphatic heterocycles. The summed E-state index contributed by atoms with van der Waals surface area (Å²) in [7, 11) is 0. The maximum atomic E-state index is 11.9. The lowest BCUT2D eigenvalue weighted by atomic mass is 9.79. The number of aromatic nitrogens is 4. The third-order valence-electron chi connectivity index (χ3n) is 8.09. The summed E-state index contributed by atoms with van der Waals surface area (Å²) in [6.07, 6.45) is 3.76. The van der Waals surface area contributed by atoms with Crippen molar-refractivity contribution in [2.75, 3.05) is 24.5 Å². The van der Waals surface area contributed by atoms with Crippen LogP contribution in [0.1, 0.15) is 57.3 Å². The average molecular weight is 609 g/mol. The number of aliphatic hydroxyl groups is 1. The number of benzene rings is 1. The number of anilines is 1. The van der Waals surface area contributed by atoms with Crippen LogP contribution < -0.4 is 4.90 Å². The molecule has 0 radical (unpaired) electrons. The molecule has 2 fully saturated rings. The molecule has 1 aromatic carbocycles. The Balaban J connectivity index is 0.00000370. The van der Waals surface area contributed by atoms with Crippen molar-refractivity contribution in [1.82, 2.24) is 24.6 Å². The number of aliphatic carboxylic acids is 1. The number of hydrogen-bond donors (Lipinski definition) is 2. The molecule has 4 atom stereocenters. The fourth-order valence-electron chi connectivity index (χ4n) is 6.06. The molecule has 40 heavy (non-hydrogen) atoms. The molecule has 10 nitrogen and oxygen atoms in total. The van der Waals surface area contributed by atoms with Crippen molar-refractivity contribution in [2.45, 2.75) is 63.8 Å². The van der Waals surface area contributed by atoms with Gasteiger partial charge in [0.1, 0.15) is 23.4 Å². The number of carboxylic acid groups (broad SMARTS) is 1. The Morgan fingerprint density at radius 2 is 2.00 bits per heavy atom. The van der Waals surface area contributed by atoms with Crippen LogP contribution in [0, 0.1) is 17.2 Å². The number of likely N-dealkylation sites (tertiary alicyclic amines) is 1. The third kappa shape index (κ3) is 5.58. The lowest BCUT2D eigenvalue weighted by Gasteiger charge is -2.48. The first-order chi connectivity index (χ1) is 18.5. The molecule has 0 saturated carbocycles. The van der Waals surface area contributed by atoms with Gasteiger partial charge in [0.05, 0.1) is 17.8 Å². The quantitative estimate of drug-likeness (QED) is 0.414. The van der Waals surface area contributed by atoms with Gasteiger partial charge in [-0.3, -0.25) is 9.69 Å². The molecule has 13 heteroatoms. The van der Waals surface area contributed by atoms with Crippen molar-refractivity contribution < 1.29 is 15.0 Å². The number of carboxylic acids is 1. The second-order valence-electron chi connectivity index (χ2n) is 10.9. The molecule has 4 heterocycles. The molecule has 2 aliphatic rings. The normalized spacial score (nSPS) is 22.6. The van der Waals surface area contributed by atoms with E-state index in [1.807, 2.05) is 13.0 Å². The predicted octanol–water partition coefficient (Wildman–Crippen LogP) is 4.55. The van der Waals surface area contributed by atoms with E-state index in [1.165, 1.54) is 0 Å². The minimum absolute atomic E-state index is 0. The van der Waals surface area contributed by atoms with E-state index in [0.29, 0.717) is 59.5 Å². The molecule has 214 valence electrons. The van der Waals surface area contributed by atoms with Crippen LogP contribution in [0.3, 0.4) is 0 Å². The van der Waals surface area contributed by atoms with Crippen LogP contribution in [-0.2, 0) is 4.79 Å². The summed E-state index contributed by atoms with van der Waals surface area (Å²) in [4.78, 5) is 25.5. The maximum Gasteiger partial charge on any atom is 0.320 e. The van der Waals surface area contributed by atoms with E-state index < -0.39 is 17.6 Å². The van der Waals surface area contributed by atoms with E-state index in [9.17, 15) is 20.3 Å². The molecule has 5 rings (SSSR count). The van der Waals surface area contributed by atoms with Gasteiger partial charge in [-0.15, -0.1) is 12.4 Å². The first-order valence-electron chi connectivity index (χ1n) is 13.1. The summed E-state index contributed by atoms with van der Waals surface area (Å²) >= 11 is 12.6. The van der Waals surface area contributed by atoms with E-state index >= 15 is 0 Å². The zero-order chi connectivity index (χ0) is 28.1. The van der Waals surface area contributed by atoms with Crippen molar-refractivity contribution in [3.05, 3.63) is 45.7 Å². The van der Waals surface area contributed by atoms with Crippen molar-refractivity contribution in [3.63, 3.8) is 0 Å². The second-order valence-corrected chi connectivity index (χ2v) is 11.8. The first-order valence-corrected chi connectivity index (χ1v) is 13.8. The van der Waals surface area contributed by atoms with E-state index in [1.54, 1.807) is 36.9 Å². The summed E-state index contributed by atoms with van der Waals surface area (Å²) in [5, 5.41) is 36.1. The average Bonchev–Trinajstić information content (AvgIpc) is 3.52. The van der Waals surface area contributed by atoms with Crippen molar-refractivity contribution in [3.8, 4) is 6.07 Å². The summed E-state index contributed by atoms with van der Waals surface area (Å²) < 4.78 is 1.65. The molecule has 0 aliphatic carbocycles. The Kier molecular flexibility index (Phi) is 8.83. The molecule has 0 amide bonds. The highest BCUT2D eigenvalue weighted by molar-refractivity contribution is 6.35. The Morgan fingerprint density at radius 3 is 2.65 bits per heavy atom. The highest BCUT2D eigenvalue weighted by Crippen LogP contribution is 2.37. The fourth-order valence-corrected chi connectivity index (χ4v) is 6.63. The Hall–Kier alpha value is -2.68. The lowest BCUT2D eigenvalue weighted by Crippen LogP contribution is -2.59. The van der Waals surface area contributed by atoms with Gasteiger partial charge < -0.3 is 15.1 Å². The highest BCUT2D eigenvalue weighted by atomic mass is 35.5. The fraction of sp³-hybridized carbons (Fsp3) is 0.519. The van der Waals surface area contributed by atoms with Gasteiger partial charge in [-0.1, -0.05) is 29.3 Å². The van der Waals surface area contributed by atoms with Crippen molar-refractivity contribution in [1.29, 1.82) is 5.26 Å². The monoisotopic (exact) mass is 607 g/mol. The number of carbonyl (C=O) groups is 1. The van der Waals surface area contributed by atoms with Gasteiger partial charge in [0.15, 0.2) is 11.3 Å².